The molecular weight excluding hydrogens is 636 g/mol. The molecule has 21 nitrogen and oxygen atoms in total. The Bertz CT molecular complexity index is 1630. The summed E-state index contributed by atoms with van der Waals surface area (Å²) in [5, 5.41) is 41.6. The standard InChI is InChI=1S/C21H27N7O14P2/c22-17-12-19(25-7-24-17)26-8-28(12)21-16(32)14(30)11(41-21)6-39-44(36,37)42-43(34,35)38-5-10-13(29)15(31)20(40-10)27-3-1-2-9(4-27)18(23)33/h1-4,7-8,10-11,13-16,20-21,29-32H,5-6H2,(H5-,22,23,24,25,33,34,35,36,37)/p+1/t10-,11-,13-,14-,15-,16-,20-,21-/m1/s1. The number of ether oxygens (including phenoxy) is 2. The van der Waals surface area contributed by atoms with Crippen molar-refractivity contribution in [3.8, 4) is 0 Å². The van der Waals surface area contributed by atoms with Gasteiger partial charge >= 0.3 is 15.6 Å². The first-order chi connectivity index (χ1) is 20.7. The van der Waals surface area contributed by atoms with Crippen LogP contribution in [0.25, 0.3) is 11.2 Å². The fourth-order valence-electron chi connectivity index (χ4n) is 4.61. The molecule has 2 aliphatic rings. The van der Waals surface area contributed by atoms with E-state index in [4.69, 9.17) is 25.5 Å². The molecule has 0 saturated carbocycles. The van der Waals surface area contributed by atoms with Gasteiger partial charge in [-0.2, -0.15) is 8.88 Å². The number of hydrogen-bond donors (Lipinski definition) is 8. The first kappa shape index (κ1) is 32.4. The molecule has 0 spiro atoms. The molecule has 44 heavy (non-hydrogen) atoms. The summed E-state index contributed by atoms with van der Waals surface area (Å²) in [4.78, 5) is 43.3. The number of imidazole rings is 1. The lowest BCUT2D eigenvalue weighted by atomic mass is 10.1. The average Bonchev–Trinajstić information content (AvgIpc) is 3.61. The van der Waals surface area contributed by atoms with Crippen molar-refractivity contribution < 1.29 is 71.5 Å². The van der Waals surface area contributed by atoms with E-state index < -0.39 is 83.8 Å². The first-order valence-electron chi connectivity index (χ1n) is 12.6. The number of rotatable bonds is 11. The van der Waals surface area contributed by atoms with Gasteiger partial charge in [-0.05, 0) is 6.07 Å². The number of aliphatic hydroxyl groups excluding tert-OH is 4. The fraction of sp³-hybridized carbons (Fsp3) is 0.476. The van der Waals surface area contributed by atoms with E-state index >= 15 is 0 Å². The Morgan fingerprint density at radius 1 is 0.977 bits per heavy atom. The average molecular weight is 664 g/mol. The topological polar surface area (TPSA) is 318 Å². The molecule has 5 rings (SSSR count). The highest BCUT2D eigenvalue weighted by Crippen LogP contribution is 2.60. The molecule has 240 valence electrons. The SMILES string of the molecule is NC(=O)c1ccc[n+]([C@@H]2O[C@H](COP(=O)(O)OP(=O)(O)OC[C@H]3O[C@@H](n4cnc5ncnc(N)c54)[C@H](O)[C@@H]3O)[C@@H](O)[C@H]2O)c1. The molecule has 0 radical (unpaired) electrons. The number of primary amides is 1. The monoisotopic (exact) mass is 664 g/mol. The largest absolute Gasteiger partial charge is 0.481 e. The maximum absolute atomic E-state index is 12.4. The molecule has 1 amide bonds. The van der Waals surface area contributed by atoms with Gasteiger partial charge < -0.3 is 51.2 Å². The van der Waals surface area contributed by atoms with Gasteiger partial charge in [-0.15, -0.1) is 0 Å². The lowest BCUT2D eigenvalue weighted by Gasteiger charge is -2.20. The maximum atomic E-state index is 12.4. The van der Waals surface area contributed by atoms with Crippen molar-refractivity contribution in [3.63, 3.8) is 0 Å². The predicted molar refractivity (Wildman–Crippen MR) is 139 cm³/mol. The van der Waals surface area contributed by atoms with Crippen LogP contribution >= 0.6 is 15.6 Å². The first-order valence-corrected chi connectivity index (χ1v) is 15.6. The number of amides is 1. The normalized spacial score (nSPS) is 31.6. The predicted octanol–water partition coefficient (Wildman–Crippen LogP) is -3.02. The summed E-state index contributed by atoms with van der Waals surface area (Å²) >= 11 is 0. The minimum atomic E-state index is -5.37. The van der Waals surface area contributed by atoms with Crippen molar-refractivity contribution in [1.29, 1.82) is 0 Å². The second kappa shape index (κ2) is 12.4. The molecule has 2 saturated heterocycles. The van der Waals surface area contributed by atoms with Crippen molar-refractivity contribution in [2.24, 2.45) is 5.73 Å². The molecule has 5 heterocycles. The molecule has 2 fully saturated rings. The Labute approximate surface area is 246 Å². The van der Waals surface area contributed by atoms with Crippen molar-refractivity contribution in [2.45, 2.75) is 49.1 Å². The third-order valence-electron chi connectivity index (χ3n) is 6.75. The zero-order valence-corrected chi connectivity index (χ0v) is 24.0. The molecule has 3 aromatic heterocycles. The molecule has 0 aliphatic carbocycles. The van der Waals surface area contributed by atoms with Crippen molar-refractivity contribution in [1.82, 2.24) is 19.5 Å². The van der Waals surface area contributed by atoms with Gasteiger partial charge in [0.15, 0.2) is 36.2 Å². The van der Waals surface area contributed by atoms with Crippen LogP contribution in [0.1, 0.15) is 22.8 Å². The molecular formula is C21H28N7O14P2+. The lowest BCUT2D eigenvalue weighted by molar-refractivity contribution is -0.765. The third-order valence-corrected chi connectivity index (χ3v) is 9.35. The summed E-state index contributed by atoms with van der Waals surface area (Å²) in [5.41, 5.74) is 11.5. The Hall–Kier alpha value is -3.01. The molecule has 0 aromatic carbocycles. The summed E-state index contributed by atoms with van der Waals surface area (Å²) in [6, 6.07) is 2.83. The quantitative estimate of drug-likeness (QED) is 0.0747. The molecule has 2 aliphatic heterocycles. The Kier molecular flexibility index (Phi) is 9.13. The van der Waals surface area contributed by atoms with Crippen LogP contribution in [0.3, 0.4) is 0 Å². The second-order valence-corrected chi connectivity index (χ2v) is 12.7. The van der Waals surface area contributed by atoms with E-state index in [1.807, 2.05) is 0 Å². The van der Waals surface area contributed by atoms with E-state index in [0.717, 1.165) is 0 Å². The highest BCUT2D eigenvalue weighted by Gasteiger charge is 2.50. The van der Waals surface area contributed by atoms with Gasteiger partial charge in [0, 0.05) is 6.07 Å². The smallest absolute Gasteiger partial charge is 0.387 e. The minimum Gasteiger partial charge on any atom is -0.387 e. The number of nitrogen functional groups attached to an aromatic ring is 1. The number of phosphoric ester groups is 2. The number of pyridine rings is 1. The van der Waals surface area contributed by atoms with Gasteiger partial charge in [0.2, 0.25) is 0 Å². The maximum Gasteiger partial charge on any atom is 0.481 e. The summed E-state index contributed by atoms with van der Waals surface area (Å²) in [6.45, 7) is -1.80. The van der Waals surface area contributed by atoms with Crippen LogP contribution in [-0.2, 0) is 32.0 Å². The van der Waals surface area contributed by atoms with Gasteiger partial charge in [-0.25, -0.2) is 24.1 Å². The molecule has 0 bridgehead atoms. The molecule has 10 atom stereocenters. The number of aromatic nitrogens is 5. The molecule has 2 unspecified atom stereocenters. The number of phosphoric acid groups is 2. The molecule has 10 N–H and O–H groups in total. The van der Waals surface area contributed by atoms with Gasteiger partial charge in [-0.1, -0.05) is 0 Å². The lowest BCUT2D eigenvalue weighted by Crippen LogP contribution is -2.46. The van der Waals surface area contributed by atoms with Crippen molar-refractivity contribution in [2.75, 3.05) is 18.9 Å². The van der Waals surface area contributed by atoms with Gasteiger partial charge in [0.25, 0.3) is 12.1 Å². The van der Waals surface area contributed by atoms with Crippen molar-refractivity contribution in [3.05, 3.63) is 42.7 Å². The number of hydrogen-bond acceptors (Lipinski definition) is 16. The zero-order chi connectivity index (χ0) is 32.0. The van der Waals surface area contributed by atoms with Crippen LogP contribution in [0, 0.1) is 0 Å². The van der Waals surface area contributed by atoms with Crippen LogP contribution in [0.4, 0.5) is 5.82 Å². The summed E-state index contributed by atoms with van der Waals surface area (Å²) in [7, 11) is -10.7. The number of aliphatic hydroxyl groups is 4. The van der Waals surface area contributed by atoms with E-state index in [1.54, 1.807) is 0 Å². The zero-order valence-electron chi connectivity index (χ0n) is 22.2. The summed E-state index contributed by atoms with van der Waals surface area (Å²) in [6.07, 6.45) is -6.87. The van der Waals surface area contributed by atoms with E-state index in [1.165, 1.54) is 46.3 Å². The van der Waals surface area contributed by atoms with E-state index in [0.29, 0.717) is 0 Å². The van der Waals surface area contributed by atoms with Crippen molar-refractivity contribution >= 4 is 38.5 Å². The Balaban J connectivity index is 1.16. The number of carbonyl (C=O) groups excluding carboxylic acids is 1. The number of nitrogens with zero attached hydrogens (tertiary/aromatic N) is 5. The molecule has 23 heteroatoms. The second-order valence-electron chi connectivity index (χ2n) is 9.69. The number of carbonyl (C=O) groups is 1. The Morgan fingerprint density at radius 2 is 1.61 bits per heavy atom. The number of anilines is 1. The fourth-order valence-corrected chi connectivity index (χ4v) is 6.70. The summed E-state index contributed by atoms with van der Waals surface area (Å²) < 4.78 is 52.0. The number of fused-ring (bicyclic) bond motifs is 1. The minimum absolute atomic E-state index is 0.000965. The summed E-state index contributed by atoms with van der Waals surface area (Å²) in [5.74, 6) is -0.764. The van der Waals surface area contributed by atoms with Crippen LogP contribution < -0.4 is 16.0 Å². The third kappa shape index (κ3) is 6.65. The van der Waals surface area contributed by atoms with Crippen LogP contribution in [0.15, 0.2) is 37.2 Å². The Morgan fingerprint density at radius 3 is 2.27 bits per heavy atom. The van der Waals surface area contributed by atoms with Gasteiger partial charge in [-0.3, -0.25) is 18.4 Å². The van der Waals surface area contributed by atoms with Crippen LogP contribution in [0.2, 0.25) is 0 Å². The van der Waals surface area contributed by atoms with E-state index in [9.17, 15) is 44.1 Å². The van der Waals surface area contributed by atoms with Crippen LogP contribution in [-0.4, -0.2) is 105 Å². The van der Waals surface area contributed by atoms with Gasteiger partial charge in [0.1, 0.15) is 54.3 Å². The number of nitrogens with two attached hydrogens (primary N) is 2. The highest BCUT2D eigenvalue weighted by atomic mass is 31.3. The van der Waals surface area contributed by atoms with E-state index in [2.05, 4.69) is 23.8 Å². The van der Waals surface area contributed by atoms with Gasteiger partial charge in [0.05, 0.1) is 13.2 Å². The van der Waals surface area contributed by atoms with Crippen LogP contribution in [0.5, 0.6) is 0 Å². The van der Waals surface area contributed by atoms with E-state index in [-0.39, 0.29) is 22.5 Å². The molecule has 3 aromatic rings. The highest BCUT2D eigenvalue weighted by molar-refractivity contribution is 7.61.